The molecule has 0 radical (unpaired) electrons. The van der Waals surface area contributed by atoms with Gasteiger partial charge in [0.05, 0.1) is 18.2 Å². The molecule has 0 spiro atoms. The predicted octanol–water partition coefficient (Wildman–Crippen LogP) is 3.01. The van der Waals surface area contributed by atoms with Crippen molar-refractivity contribution >= 4 is 17.9 Å². The van der Waals surface area contributed by atoms with Gasteiger partial charge in [0.1, 0.15) is 0 Å². The van der Waals surface area contributed by atoms with E-state index >= 15 is 0 Å². The first-order valence-corrected chi connectivity index (χ1v) is 12.0. The highest BCUT2D eigenvalue weighted by atomic mass is 16.5. The van der Waals surface area contributed by atoms with E-state index in [2.05, 4.69) is 16.8 Å². The molecule has 34 heavy (non-hydrogen) atoms. The molecule has 1 saturated heterocycles. The third kappa shape index (κ3) is 5.50. The number of aryl methyl sites for hydroxylation is 1. The lowest BCUT2D eigenvalue weighted by Crippen LogP contribution is -2.56. The Bertz CT molecular complexity index is 956. The number of amides is 3. The molecule has 2 atom stereocenters. The van der Waals surface area contributed by atoms with Gasteiger partial charge in [0, 0.05) is 50.9 Å². The lowest BCUT2D eigenvalue weighted by Gasteiger charge is -2.43. The number of nitrogens with one attached hydrogen (secondary N) is 1. The molecule has 1 aromatic rings. The predicted molar refractivity (Wildman–Crippen MR) is 131 cm³/mol. The smallest absolute Gasteiger partial charge is 0.338 e. The largest absolute Gasteiger partial charge is 0.463 e. The second-order valence-corrected chi connectivity index (χ2v) is 8.80. The number of urea groups is 1. The quantitative estimate of drug-likeness (QED) is 0.469. The molecule has 0 aliphatic carbocycles. The fraction of sp³-hybridized carbons (Fsp3) is 0.500. The van der Waals surface area contributed by atoms with E-state index in [1.807, 2.05) is 49.9 Å². The Kier molecular flexibility index (Phi) is 8.50. The van der Waals surface area contributed by atoms with Crippen LogP contribution in [0, 0.1) is 6.92 Å². The molecule has 1 fully saturated rings. The van der Waals surface area contributed by atoms with Crippen LogP contribution in [0.4, 0.5) is 4.79 Å². The average molecular weight is 469 g/mol. The van der Waals surface area contributed by atoms with Crippen LogP contribution in [-0.2, 0) is 14.3 Å². The van der Waals surface area contributed by atoms with Gasteiger partial charge >= 0.3 is 12.0 Å². The van der Waals surface area contributed by atoms with Gasteiger partial charge in [0.2, 0.25) is 5.91 Å². The van der Waals surface area contributed by atoms with Crippen molar-refractivity contribution in [3.8, 4) is 0 Å². The van der Waals surface area contributed by atoms with Crippen LogP contribution in [0.15, 0.2) is 48.2 Å². The summed E-state index contributed by atoms with van der Waals surface area (Å²) in [4.78, 5) is 44.3. The zero-order valence-electron chi connectivity index (χ0n) is 20.7. The van der Waals surface area contributed by atoms with Crippen molar-refractivity contribution in [2.75, 3.05) is 39.3 Å². The van der Waals surface area contributed by atoms with Gasteiger partial charge in [-0.3, -0.25) is 14.6 Å². The Morgan fingerprint density at radius 1 is 1.21 bits per heavy atom. The number of carbonyl (C=O) groups excluding carboxylic acids is 3. The standard InChI is InChI=1S/C26H36N4O4/c1-6-13-30-21(17-28-14-15-29(19(5)16-28)22(31)7-2)23(25(32)34-8-3)24(27-26(30)33)20-11-9-18(4)10-12-20/h6,9-12,19,24H,1,7-8,13-17H2,2-5H3,(H,27,33). The minimum atomic E-state index is -0.608. The van der Waals surface area contributed by atoms with Gasteiger partial charge in [-0.05, 0) is 26.3 Å². The maximum absolute atomic E-state index is 13.2. The molecule has 2 unspecified atom stereocenters. The number of nitrogens with zero attached hydrogens (tertiary/aromatic N) is 3. The normalized spacial score (nSPS) is 21.4. The monoisotopic (exact) mass is 468 g/mol. The third-order valence-electron chi connectivity index (χ3n) is 6.36. The average Bonchev–Trinajstić information content (AvgIpc) is 2.81. The Morgan fingerprint density at radius 3 is 2.50 bits per heavy atom. The van der Waals surface area contributed by atoms with Crippen molar-refractivity contribution in [3.05, 3.63) is 59.3 Å². The summed E-state index contributed by atoms with van der Waals surface area (Å²) in [5.74, 6) is -0.298. The van der Waals surface area contributed by atoms with E-state index in [1.54, 1.807) is 17.9 Å². The summed E-state index contributed by atoms with van der Waals surface area (Å²) < 4.78 is 5.45. The lowest BCUT2D eigenvalue weighted by molar-refractivity contribution is -0.139. The second kappa shape index (κ2) is 11.3. The Hall–Kier alpha value is -3.13. The van der Waals surface area contributed by atoms with Crippen LogP contribution in [-0.4, -0.2) is 78.0 Å². The third-order valence-corrected chi connectivity index (χ3v) is 6.36. The van der Waals surface area contributed by atoms with Gasteiger partial charge < -0.3 is 15.0 Å². The first-order valence-electron chi connectivity index (χ1n) is 12.0. The highest BCUT2D eigenvalue weighted by molar-refractivity contribution is 5.95. The van der Waals surface area contributed by atoms with E-state index in [9.17, 15) is 14.4 Å². The number of esters is 1. The van der Waals surface area contributed by atoms with E-state index in [0.717, 1.165) is 11.1 Å². The van der Waals surface area contributed by atoms with Gasteiger partial charge in [0.15, 0.2) is 0 Å². The van der Waals surface area contributed by atoms with E-state index in [4.69, 9.17) is 4.74 Å². The van der Waals surface area contributed by atoms with Crippen LogP contribution >= 0.6 is 0 Å². The zero-order valence-corrected chi connectivity index (χ0v) is 20.7. The fourth-order valence-corrected chi connectivity index (χ4v) is 4.62. The fourth-order valence-electron chi connectivity index (χ4n) is 4.62. The van der Waals surface area contributed by atoms with Gasteiger partial charge in [0.25, 0.3) is 0 Å². The van der Waals surface area contributed by atoms with E-state index in [-0.39, 0.29) is 31.1 Å². The topological polar surface area (TPSA) is 82.2 Å². The maximum Gasteiger partial charge on any atom is 0.338 e. The van der Waals surface area contributed by atoms with Gasteiger partial charge in [-0.2, -0.15) is 0 Å². The summed E-state index contributed by atoms with van der Waals surface area (Å²) in [6.07, 6.45) is 2.13. The van der Waals surface area contributed by atoms with E-state index < -0.39 is 12.0 Å². The number of hydrogen-bond acceptors (Lipinski definition) is 5. The molecule has 2 heterocycles. The molecule has 8 heteroatoms. The summed E-state index contributed by atoms with van der Waals surface area (Å²) in [5.41, 5.74) is 2.97. The number of ether oxygens (including phenoxy) is 1. The SMILES string of the molecule is C=CCN1C(=O)NC(c2ccc(C)cc2)C(C(=O)OCC)=C1CN1CCN(C(=O)CC)C(C)C1. The first kappa shape index (κ1) is 25.5. The summed E-state index contributed by atoms with van der Waals surface area (Å²) in [6, 6.07) is 6.95. The molecular formula is C26H36N4O4. The Labute approximate surface area is 202 Å². The first-order chi connectivity index (χ1) is 16.3. The Morgan fingerprint density at radius 2 is 1.91 bits per heavy atom. The van der Waals surface area contributed by atoms with Crippen LogP contribution in [0.1, 0.15) is 44.4 Å². The molecule has 2 aliphatic heterocycles. The molecule has 184 valence electrons. The molecule has 1 N–H and O–H groups in total. The van der Waals surface area contributed by atoms with Gasteiger partial charge in [-0.25, -0.2) is 9.59 Å². The summed E-state index contributed by atoms with van der Waals surface area (Å²) in [5, 5.41) is 2.99. The number of hydrogen-bond donors (Lipinski definition) is 1. The van der Waals surface area contributed by atoms with Crippen LogP contribution in [0.2, 0.25) is 0 Å². The molecule has 1 aromatic carbocycles. The van der Waals surface area contributed by atoms with E-state index in [1.165, 1.54) is 0 Å². The van der Waals surface area contributed by atoms with Crippen molar-refractivity contribution in [2.45, 2.75) is 46.2 Å². The number of carbonyl (C=O) groups is 3. The van der Waals surface area contributed by atoms with Crippen molar-refractivity contribution in [3.63, 3.8) is 0 Å². The zero-order chi connectivity index (χ0) is 24.8. The van der Waals surface area contributed by atoms with Crippen LogP contribution < -0.4 is 5.32 Å². The van der Waals surface area contributed by atoms with E-state index in [0.29, 0.717) is 43.9 Å². The summed E-state index contributed by atoms with van der Waals surface area (Å²) >= 11 is 0. The van der Waals surface area contributed by atoms with Crippen LogP contribution in [0.3, 0.4) is 0 Å². The lowest BCUT2D eigenvalue weighted by atomic mass is 9.93. The molecule has 8 nitrogen and oxygen atoms in total. The Balaban J connectivity index is 2.01. The number of rotatable bonds is 8. The van der Waals surface area contributed by atoms with Gasteiger partial charge in [-0.1, -0.05) is 42.8 Å². The molecule has 3 amide bonds. The molecular weight excluding hydrogens is 432 g/mol. The molecule has 0 bridgehead atoms. The highest BCUT2D eigenvalue weighted by Gasteiger charge is 2.39. The summed E-state index contributed by atoms with van der Waals surface area (Å²) in [6.45, 7) is 14.3. The highest BCUT2D eigenvalue weighted by Crippen LogP contribution is 2.32. The van der Waals surface area contributed by atoms with Crippen molar-refractivity contribution < 1.29 is 19.1 Å². The second-order valence-electron chi connectivity index (χ2n) is 8.80. The van der Waals surface area contributed by atoms with Crippen molar-refractivity contribution in [2.24, 2.45) is 0 Å². The van der Waals surface area contributed by atoms with Crippen molar-refractivity contribution in [1.29, 1.82) is 0 Å². The van der Waals surface area contributed by atoms with Gasteiger partial charge in [-0.15, -0.1) is 6.58 Å². The van der Waals surface area contributed by atoms with Crippen LogP contribution in [0.5, 0.6) is 0 Å². The molecule has 2 aliphatic rings. The van der Waals surface area contributed by atoms with Crippen molar-refractivity contribution in [1.82, 2.24) is 20.0 Å². The number of piperazine rings is 1. The van der Waals surface area contributed by atoms with Crippen LogP contribution in [0.25, 0.3) is 0 Å². The number of benzene rings is 1. The summed E-state index contributed by atoms with van der Waals surface area (Å²) in [7, 11) is 0. The maximum atomic E-state index is 13.2. The minimum absolute atomic E-state index is 0.0472. The molecule has 0 saturated carbocycles. The molecule has 3 rings (SSSR count). The minimum Gasteiger partial charge on any atom is -0.463 e. The molecule has 0 aromatic heterocycles.